The van der Waals surface area contributed by atoms with Crippen LogP contribution in [-0.2, 0) is 0 Å². The first kappa shape index (κ1) is 26.7. The number of hydrogen-bond donors (Lipinski definition) is 3. The molecule has 5 heterocycles. The van der Waals surface area contributed by atoms with Crippen molar-refractivity contribution in [2.75, 3.05) is 5.32 Å². The van der Waals surface area contributed by atoms with Crippen molar-refractivity contribution in [2.24, 2.45) is 5.92 Å². The summed E-state index contributed by atoms with van der Waals surface area (Å²) >= 11 is 1.76. The molecule has 0 bridgehead atoms. The molecule has 0 aromatic carbocycles. The number of nitrogens with zero attached hydrogens (tertiary/aromatic N) is 3. The van der Waals surface area contributed by atoms with Gasteiger partial charge < -0.3 is 10.3 Å². The highest BCUT2D eigenvalue weighted by molar-refractivity contribution is 7.14. The van der Waals surface area contributed by atoms with Gasteiger partial charge in [0, 0.05) is 49.4 Å². The lowest BCUT2D eigenvalue weighted by Gasteiger charge is -2.28. The van der Waals surface area contributed by atoms with E-state index in [4.69, 9.17) is 10.1 Å². The van der Waals surface area contributed by atoms with Gasteiger partial charge in [-0.1, -0.05) is 37.8 Å². The quantitative estimate of drug-likeness (QED) is 0.158. The zero-order chi connectivity index (χ0) is 28.5. The predicted octanol–water partition coefficient (Wildman–Crippen LogP) is 9.15. The Hall–Kier alpha value is -4.49. The Kier molecular flexibility index (Phi) is 7.28. The predicted molar refractivity (Wildman–Crippen MR) is 173 cm³/mol. The number of anilines is 1. The lowest BCUT2D eigenvalue weighted by atomic mass is 9.83. The molecule has 0 saturated heterocycles. The number of nitrogens with one attached hydrogen (secondary N) is 3. The van der Waals surface area contributed by atoms with Crippen LogP contribution in [0.15, 0.2) is 86.0 Å². The highest BCUT2D eigenvalue weighted by atomic mass is 32.1. The van der Waals surface area contributed by atoms with Gasteiger partial charge in [0.1, 0.15) is 5.69 Å². The van der Waals surface area contributed by atoms with Crippen LogP contribution >= 0.6 is 11.3 Å². The van der Waals surface area contributed by atoms with Gasteiger partial charge >= 0.3 is 0 Å². The lowest BCUT2D eigenvalue weighted by Crippen LogP contribution is -2.18. The third kappa shape index (κ3) is 5.33. The summed E-state index contributed by atoms with van der Waals surface area (Å²) in [6, 6.07) is 10.7. The van der Waals surface area contributed by atoms with Crippen LogP contribution in [0, 0.1) is 12.8 Å². The van der Waals surface area contributed by atoms with E-state index in [2.05, 4.69) is 89.0 Å². The molecule has 1 aliphatic rings. The summed E-state index contributed by atoms with van der Waals surface area (Å²) in [4.78, 5) is 15.2. The zero-order valence-electron chi connectivity index (χ0n) is 23.7. The minimum atomic E-state index is 0.553. The highest BCUT2D eigenvalue weighted by Crippen LogP contribution is 2.37. The number of hydrogen-bond acceptors (Lipinski definition) is 5. The molecule has 1 fully saturated rings. The van der Waals surface area contributed by atoms with Crippen molar-refractivity contribution in [3.8, 4) is 22.6 Å². The van der Waals surface area contributed by atoms with E-state index in [0.29, 0.717) is 5.92 Å². The van der Waals surface area contributed by atoms with E-state index in [-0.39, 0.29) is 0 Å². The summed E-state index contributed by atoms with van der Waals surface area (Å²) in [7, 11) is 0. The Morgan fingerprint density at radius 1 is 1.10 bits per heavy atom. The van der Waals surface area contributed by atoms with Crippen molar-refractivity contribution in [1.29, 1.82) is 0 Å². The maximum absolute atomic E-state index is 4.71. The van der Waals surface area contributed by atoms with Crippen molar-refractivity contribution in [2.45, 2.75) is 40.0 Å². The molecule has 1 aliphatic carbocycles. The van der Waals surface area contributed by atoms with Gasteiger partial charge in [0.25, 0.3) is 0 Å². The molecule has 7 heteroatoms. The van der Waals surface area contributed by atoms with Crippen molar-refractivity contribution in [1.82, 2.24) is 25.1 Å². The molecule has 0 radical (unpaired) electrons. The van der Waals surface area contributed by atoms with E-state index in [1.807, 2.05) is 32.4 Å². The van der Waals surface area contributed by atoms with Crippen LogP contribution in [0.3, 0.4) is 0 Å². The van der Waals surface area contributed by atoms with Gasteiger partial charge in [0.15, 0.2) is 0 Å². The minimum absolute atomic E-state index is 0.553. The highest BCUT2D eigenvalue weighted by Gasteiger charge is 2.21. The van der Waals surface area contributed by atoms with Crippen molar-refractivity contribution in [3.05, 3.63) is 107 Å². The molecule has 0 aliphatic heterocycles. The van der Waals surface area contributed by atoms with Gasteiger partial charge in [-0.25, -0.2) is 0 Å². The summed E-state index contributed by atoms with van der Waals surface area (Å²) in [5.41, 5.74) is 10.9. The number of fused-ring (bicyclic) bond motifs is 1. The van der Waals surface area contributed by atoms with Crippen molar-refractivity contribution < 1.29 is 0 Å². The van der Waals surface area contributed by atoms with E-state index in [9.17, 15) is 0 Å². The zero-order valence-corrected chi connectivity index (χ0v) is 24.5. The molecule has 206 valence electrons. The SMILES string of the molecule is C=C(C)c1ccc(/C(=C/C=C\C)c2cc(-c3n[nH]c4cnc(-c5cncc(NC(=C)C6CCC6)c5)cc34)[nH]c2C)s1. The third-order valence-electron chi connectivity index (χ3n) is 7.69. The summed E-state index contributed by atoms with van der Waals surface area (Å²) in [6.07, 6.45) is 15.5. The Balaban J connectivity index is 1.35. The largest absolute Gasteiger partial charge is 0.358 e. The van der Waals surface area contributed by atoms with Gasteiger partial charge in [-0.3, -0.25) is 15.1 Å². The van der Waals surface area contributed by atoms with Crippen LogP contribution in [0.25, 0.3) is 44.7 Å². The number of aromatic nitrogens is 5. The fraction of sp³-hybridized carbons (Fsp3) is 0.206. The fourth-order valence-electron chi connectivity index (χ4n) is 5.15. The number of pyridine rings is 2. The van der Waals surface area contributed by atoms with Gasteiger partial charge in [0.05, 0.1) is 35.0 Å². The smallest absolute Gasteiger partial charge is 0.116 e. The minimum Gasteiger partial charge on any atom is -0.358 e. The average molecular weight is 559 g/mol. The summed E-state index contributed by atoms with van der Waals surface area (Å²) in [5.74, 6) is 0.553. The number of H-pyrrole nitrogens is 2. The van der Waals surface area contributed by atoms with Crippen LogP contribution in [-0.4, -0.2) is 25.1 Å². The first-order valence-electron chi connectivity index (χ1n) is 14.0. The van der Waals surface area contributed by atoms with Crippen LogP contribution in [0.4, 0.5) is 5.69 Å². The third-order valence-corrected chi connectivity index (χ3v) is 8.97. The first-order valence-corrected chi connectivity index (χ1v) is 14.8. The average Bonchev–Trinajstić information content (AvgIpc) is 3.67. The number of aromatic amines is 2. The maximum atomic E-state index is 4.71. The summed E-state index contributed by atoms with van der Waals surface area (Å²) in [6.45, 7) is 14.5. The molecule has 41 heavy (non-hydrogen) atoms. The number of allylic oxidation sites excluding steroid dienone is 5. The van der Waals surface area contributed by atoms with Gasteiger partial charge in [-0.05, 0) is 75.4 Å². The number of rotatable bonds is 9. The maximum Gasteiger partial charge on any atom is 0.116 e. The molecule has 0 atom stereocenters. The Morgan fingerprint density at radius 2 is 1.93 bits per heavy atom. The molecule has 0 spiro atoms. The monoisotopic (exact) mass is 558 g/mol. The number of thiophene rings is 1. The van der Waals surface area contributed by atoms with Crippen LogP contribution in [0.2, 0.25) is 0 Å². The molecular weight excluding hydrogens is 524 g/mol. The normalized spacial score (nSPS) is 14.1. The van der Waals surface area contributed by atoms with Gasteiger partial charge in [0.2, 0.25) is 0 Å². The van der Waals surface area contributed by atoms with Crippen LogP contribution < -0.4 is 5.32 Å². The fourth-order valence-corrected chi connectivity index (χ4v) is 6.12. The molecule has 0 amide bonds. The number of aryl methyl sites for hydroxylation is 1. The Labute approximate surface area is 244 Å². The van der Waals surface area contributed by atoms with E-state index in [1.54, 1.807) is 11.3 Å². The second-order valence-electron chi connectivity index (χ2n) is 10.7. The van der Waals surface area contributed by atoms with E-state index >= 15 is 0 Å². The molecule has 6 rings (SSSR count). The molecule has 5 aromatic rings. The van der Waals surface area contributed by atoms with Crippen LogP contribution in [0.5, 0.6) is 0 Å². The second-order valence-corrected chi connectivity index (χ2v) is 11.8. The molecular formula is C34H34N6S. The van der Waals surface area contributed by atoms with Gasteiger partial charge in [-0.2, -0.15) is 5.10 Å². The molecule has 1 saturated carbocycles. The van der Waals surface area contributed by atoms with E-state index in [1.165, 1.54) is 34.6 Å². The van der Waals surface area contributed by atoms with E-state index in [0.717, 1.165) is 61.8 Å². The van der Waals surface area contributed by atoms with Crippen LogP contribution in [0.1, 0.15) is 54.1 Å². The molecule has 5 aromatic heterocycles. The molecule has 6 nitrogen and oxygen atoms in total. The molecule has 0 unspecified atom stereocenters. The lowest BCUT2D eigenvalue weighted by molar-refractivity contribution is 0.371. The van der Waals surface area contributed by atoms with Crippen molar-refractivity contribution >= 4 is 39.1 Å². The van der Waals surface area contributed by atoms with E-state index < -0.39 is 0 Å². The topological polar surface area (TPSA) is 82.3 Å². The Morgan fingerprint density at radius 3 is 2.66 bits per heavy atom. The first-order chi connectivity index (χ1) is 19.9. The van der Waals surface area contributed by atoms with Crippen molar-refractivity contribution in [3.63, 3.8) is 0 Å². The standard InChI is InChI=1S/C34H34N6S/c1-6-7-11-26(33-13-12-32(41-33)20(2)3)27-15-30(38-22(27)5)34-28-16-29(36-19-31(28)39-40-34)24-14-25(18-35-17-24)37-21(4)23-9-8-10-23/h6-7,11-19,23,37-38H,2,4,8-10H2,1,3,5H3,(H,39,40)/b7-6-,26-11+. The Bertz CT molecular complexity index is 1820. The second kappa shape index (κ2) is 11.2. The van der Waals surface area contributed by atoms with Gasteiger partial charge in [-0.15, -0.1) is 11.3 Å². The summed E-state index contributed by atoms with van der Waals surface area (Å²) < 4.78 is 0. The molecule has 3 N–H and O–H groups in total. The summed E-state index contributed by atoms with van der Waals surface area (Å²) in [5, 5.41) is 12.3.